The third kappa shape index (κ3) is 4.06. The lowest BCUT2D eigenvalue weighted by Crippen LogP contribution is -2.52. The lowest BCUT2D eigenvalue weighted by Gasteiger charge is -2.37. The van der Waals surface area contributed by atoms with E-state index in [1.54, 1.807) is 0 Å². The van der Waals surface area contributed by atoms with Crippen molar-refractivity contribution in [2.75, 3.05) is 39.3 Å². The normalized spacial score (nSPS) is 36.7. The van der Waals surface area contributed by atoms with Crippen molar-refractivity contribution in [2.24, 2.45) is 11.7 Å². The zero-order valence-electron chi connectivity index (χ0n) is 14.9. The van der Waals surface area contributed by atoms with Crippen molar-refractivity contribution in [3.63, 3.8) is 0 Å². The van der Waals surface area contributed by atoms with Gasteiger partial charge < -0.3 is 10.6 Å². The quantitative estimate of drug-likeness (QED) is 0.843. The molecule has 0 aromatic heterocycles. The Morgan fingerprint density at radius 2 is 1.61 bits per heavy atom. The molecule has 5 heteroatoms. The smallest absolute Gasteiger partial charge is 0.225 e. The van der Waals surface area contributed by atoms with Gasteiger partial charge in [0.25, 0.3) is 0 Å². The summed E-state index contributed by atoms with van der Waals surface area (Å²) in [6, 6.07) is 1.72. The van der Waals surface area contributed by atoms with E-state index in [1.165, 1.54) is 19.4 Å². The molecule has 2 aliphatic heterocycles. The number of hydrogen-bond donors (Lipinski definition) is 1. The minimum Gasteiger partial charge on any atom is -0.340 e. The van der Waals surface area contributed by atoms with Gasteiger partial charge in [-0.25, -0.2) is 0 Å². The topological polar surface area (TPSA) is 52.8 Å². The number of nitrogens with two attached hydrogens (primary N) is 1. The molecule has 1 saturated carbocycles. The lowest BCUT2D eigenvalue weighted by atomic mass is 10.1. The highest BCUT2D eigenvalue weighted by atomic mass is 16.2. The molecule has 2 N–H and O–H groups in total. The predicted octanol–water partition coefficient (Wildman–Crippen LogP) is 1.13. The zero-order valence-corrected chi connectivity index (χ0v) is 14.9. The Kier molecular flexibility index (Phi) is 5.60. The maximum atomic E-state index is 12.5. The summed E-state index contributed by atoms with van der Waals surface area (Å²) in [5.41, 5.74) is 5.95. The van der Waals surface area contributed by atoms with Crippen molar-refractivity contribution < 1.29 is 4.79 Å². The maximum absolute atomic E-state index is 12.5. The van der Waals surface area contributed by atoms with Crippen LogP contribution in [-0.2, 0) is 4.79 Å². The van der Waals surface area contributed by atoms with Crippen LogP contribution in [0.2, 0.25) is 0 Å². The molecule has 23 heavy (non-hydrogen) atoms. The van der Waals surface area contributed by atoms with Crippen LogP contribution in [0.1, 0.15) is 46.0 Å². The Bertz CT molecular complexity index is 398. The van der Waals surface area contributed by atoms with Crippen molar-refractivity contribution in [1.29, 1.82) is 0 Å². The Morgan fingerprint density at radius 3 is 2.17 bits per heavy atom. The van der Waals surface area contributed by atoms with Crippen LogP contribution in [0.4, 0.5) is 0 Å². The first-order valence-corrected chi connectivity index (χ1v) is 9.57. The lowest BCUT2D eigenvalue weighted by molar-refractivity contribution is -0.137. The molecule has 0 radical (unpaired) electrons. The van der Waals surface area contributed by atoms with Crippen molar-refractivity contribution in [1.82, 2.24) is 14.7 Å². The molecule has 3 fully saturated rings. The van der Waals surface area contributed by atoms with Gasteiger partial charge in [0.05, 0.1) is 0 Å². The fraction of sp³-hybridized carbons (Fsp3) is 0.944. The number of hydrogen-bond acceptors (Lipinski definition) is 4. The number of rotatable bonds is 4. The summed E-state index contributed by atoms with van der Waals surface area (Å²) in [5.74, 6) is 0.558. The molecule has 3 aliphatic rings. The van der Waals surface area contributed by atoms with E-state index >= 15 is 0 Å². The summed E-state index contributed by atoms with van der Waals surface area (Å²) in [7, 11) is 0. The second-order valence-corrected chi connectivity index (χ2v) is 7.95. The van der Waals surface area contributed by atoms with Crippen LogP contribution in [0, 0.1) is 5.92 Å². The molecule has 1 amide bonds. The zero-order chi connectivity index (χ0) is 16.4. The van der Waals surface area contributed by atoms with Gasteiger partial charge in [0.2, 0.25) is 5.91 Å². The molecule has 0 bridgehead atoms. The van der Waals surface area contributed by atoms with Gasteiger partial charge >= 0.3 is 0 Å². The van der Waals surface area contributed by atoms with Gasteiger partial charge in [0.1, 0.15) is 0 Å². The van der Waals surface area contributed by atoms with Crippen LogP contribution in [0.3, 0.4) is 0 Å². The van der Waals surface area contributed by atoms with Crippen LogP contribution in [0.25, 0.3) is 0 Å². The summed E-state index contributed by atoms with van der Waals surface area (Å²) in [4.78, 5) is 19.8. The second-order valence-electron chi connectivity index (χ2n) is 7.95. The highest BCUT2D eigenvalue weighted by molar-refractivity contribution is 5.79. The van der Waals surface area contributed by atoms with Gasteiger partial charge in [-0.1, -0.05) is 0 Å². The standard InChI is InChI=1S/C18H34N4O/c1-14-3-4-15(2)22(14)12-9-20-7-10-21(11-8-20)18(23)16-5-6-17(19)13-16/h14-17H,3-13,19H2,1-2H3/t14-,15+,16-,17-/m1/s1. The van der Waals surface area contributed by atoms with E-state index < -0.39 is 0 Å². The Hall–Kier alpha value is -0.650. The highest BCUT2D eigenvalue weighted by Crippen LogP contribution is 2.26. The van der Waals surface area contributed by atoms with Gasteiger partial charge in [0.15, 0.2) is 0 Å². The number of piperazine rings is 1. The fourth-order valence-corrected chi connectivity index (χ4v) is 4.64. The van der Waals surface area contributed by atoms with Gasteiger partial charge in [-0.05, 0) is 46.0 Å². The fourth-order valence-electron chi connectivity index (χ4n) is 4.64. The molecule has 5 nitrogen and oxygen atoms in total. The molecule has 0 spiro atoms. The summed E-state index contributed by atoms with van der Waals surface area (Å²) >= 11 is 0. The summed E-state index contributed by atoms with van der Waals surface area (Å²) in [5, 5.41) is 0. The van der Waals surface area contributed by atoms with Crippen LogP contribution >= 0.6 is 0 Å². The Morgan fingerprint density at radius 1 is 0.957 bits per heavy atom. The van der Waals surface area contributed by atoms with Crippen LogP contribution in [0.5, 0.6) is 0 Å². The summed E-state index contributed by atoms with van der Waals surface area (Å²) in [6.45, 7) is 10.9. The predicted molar refractivity (Wildman–Crippen MR) is 93.2 cm³/mol. The SMILES string of the molecule is C[C@@H]1CC[C@H](C)N1CCN1CCN(C(=O)[C@@H]2CC[C@@H](N)C2)CC1. The minimum absolute atomic E-state index is 0.197. The van der Waals surface area contributed by atoms with Crippen molar-refractivity contribution >= 4 is 5.91 Å². The molecule has 3 rings (SSSR count). The summed E-state index contributed by atoms with van der Waals surface area (Å²) < 4.78 is 0. The number of carbonyl (C=O) groups is 1. The molecule has 0 unspecified atom stereocenters. The minimum atomic E-state index is 0.197. The van der Waals surface area contributed by atoms with Gasteiger partial charge in [0, 0.05) is 63.3 Å². The molecule has 2 heterocycles. The van der Waals surface area contributed by atoms with Gasteiger partial charge in [-0.15, -0.1) is 0 Å². The first-order chi connectivity index (χ1) is 11.0. The van der Waals surface area contributed by atoms with E-state index in [1.807, 2.05) is 0 Å². The average Bonchev–Trinajstić information content (AvgIpc) is 3.12. The molecule has 2 saturated heterocycles. The maximum Gasteiger partial charge on any atom is 0.225 e. The molecule has 0 aromatic carbocycles. The number of likely N-dealkylation sites (tertiary alicyclic amines) is 1. The number of carbonyl (C=O) groups excluding carboxylic acids is 1. The van der Waals surface area contributed by atoms with Crippen molar-refractivity contribution in [3.8, 4) is 0 Å². The van der Waals surface area contributed by atoms with E-state index in [2.05, 4.69) is 28.5 Å². The third-order valence-corrected chi connectivity index (χ3v) is 6.32. The van der Waals surface area contributed by atoms with Crippen LogP contribution in [0.15, 0.2) is 0 Å². The van der Waals surface area contributed by atoms with E-state index in [0.29, 0.717) is 5.91 Å². The van der Waals surface area contributed by atoms with Gasteiger partial charge in [-0.2, -0.15) is 0 Å². The molecule has 4 atom stereocenters. The van der Waals surface area contributed by atoms with E-state index in [0.717, 1.165) is 64.1 Å². The third-order valence-electron chi connectivity index (χ3n) is 6.32. The number of nitrogens with zero attached hydrogens (tertiary/aromatic N) is 3. The first-order valence-electron chi connectivity index (χ1n) is 9.57. The molecule has 132 valence electrons. The Labute approximate surface area is 141 Å². The van der Waals surface area contributed by atoms with E-state index in [4.69, 9.17) is 5.73 Å². The molecular weight excluding hydrogens is 288 g/mol. The Balaban J connectivity index is 1.39. The highest BCUT2D eigenvalue weighted by Gasteiger charge is 2.33. The van der Waals surface area contributed by atoms with Gasteiger partial charge in [-0.3, -0.25) is 14.6 Å². The monoisotopic (exact) mass is 322 g/mol. The average molecular weight is 322 g/mol. The van der Waals surface area contributed by atoms with Crippen LogP contribution < -0.4 is 5.73 Å². The molecule has 1 aliphatic carbocycles. The van der Waals surface area contributed by atoms with Crippen LogP contribution in [-0.4, -0.2) is 78.0 Å². The second kappa shape index (κ2) is 7.49. The van der Waals surface area contributed by atoms with Crippen molar-refractivity contribution in [3.05, 3.63) is 0 Å². The molecular formula is C18H34N4O. The van der Waals surface area contributed by atoms with E-state index in [-0.39, 0.29) is 12.0 Å². The first kappa shape index (κ1) is 17.2. The number of amides is 1. The molecule has 0 aromatic rings. The van der Waals surface area contributed by atoms with Crippen molar-refractivity contribution in [2.45, 2.75) is 64.1 Å². The van der Waals surface area contributed by atoms with E-state index in [9.17, 15) is 4.79 Å². The largest absolute Gasteiger partial charge is 0.340 e. The summed E-state index contributed by atoms with van der Waals surface area (Å²) in [6.07, 6.45) is 5.58.